The Balaban J connectivity index is 0.747. The normalized spacial score (nSPS) is 26.8. The van der Waals surface area contributed by atoms with Crippen molar-refractivity contribution < 1.29 is 33.8 Å². The maximum absolute atomic E-state index is 13.8. The number of aryl methyl sites for hydroxylation is 1. The quantitative estimate of drug-likeness (QED) is 0.224. The predicted octanol–water partition coefficient (Wildman–Crippen LogP) is 5.82. The lowest BCUT2D eigenvalue weighted by molar-refractivity contribution is -0.143. The number of benzene rings is 4. The van der Waals surface area contributed by atoms with Crippen molar-refractivity contribution in [2.75, 3.05) is 13.1 Å². The lowest BCUT2D eigenvalue weighted by Gasteiger charge is -2.43. The van der Waals surface area contributed by atoms with Crippen molar-refractivity contribution in [3.63, 3.8) is 0 Å². The molecule has 2 saturated heterocycles. The maximum Gasteiger partial charge on any atom is 0.262 e. The van der Waals surface area contributed by atoms with Crippen LogP contribution < -0.4 is 10.1 Å². The van der Waals surface area contributed by atoms with Crippen LogP contribution in [-0.4, -0.2) is 80.6 Å². The average molecular weight is 779 g/mol. The summed E-state index contributed by atoms with van der Waals surface area (Å²) in [6.45, 7) is 2.57. The molecule has 10 rings (SSSR count). The zero-order valence-electron chi connectivity index (χ0n) is 32.3. The number of piperidine rings is 2. The van der Waals surface area contributed by atoms with Crippen LogP contribution in [0.5, 0.6) is 11.5 Å². The van der Waals surface area contributed by atoms with E-state index in [1.807, 2.05) is 11.0 Å². The number of amides is 5. The minimum absolute atomic E-state index is 0.0418. The molecule has 4 aromatic rings. The van der Waals surface area contributed by atoms with E-state index in [9.17, 15) is 29.1 Å². The van der Waals surface area contributed by atoms with Crippen LogP contribution in [0.4, 0.5) is 0 Å². The van der Waals surface area contributed by atoms with E-state index in [0.29, 0.717) is 42.4 Å². The molecular formula is C47H46N4O7. The minimum Gasteiger partial charge on any atom is -0.508 e. The lowest BCUT2D eigenvalue weighted by atomic mass is 9.69. The number of hydrogen-bond donors (Lipinski definition) is 2. The topological polar surface area (TPSA) is 137 Å². The number of aromatic hydroxyl groups is 1. The molecule has 2 N–H and O–H groups in total. The molecule has 296 valence electrons. The Bertz CT molecular complexity index is 2290. The molecule has 4 aliphatic heterocycles. The Morgan fingerprint density at radius 3 is 2.19 bits per heavy atom. The monoisotopic (exact) mass is 778 g/mol. The van der Waals surface area contributed by atoms with Crippen LogP contribution in [0.3, 0.4) is 0 Å². The van der Waals surface area contributed by atoms with Gasteiger partial charge in [0.05, 0.1) is 17.7 Å². The van der Waals surface area contributed by atoms with Crippen molar-refractivity contribution in [3.8, 4) is 11.5 Å². The first-order valence-electron chi connectivity index (χ1n) is 20.7. The Morgan fingerprint density at radius 1 is 0.759 bits per heavy atom. The molecule has 2 aliphatic carbocycles. The van der Waals surface area contributed by atoms with Crippen LogP contribution in [0.15, 0.2) is 84.9 Å². The summed E-state index contributed by atoms with van der Waals surface area (Å²) < 4.78 is 6.52. The molecule has 5 amide bonds. The number of rotatable bonds is 7. The maximum atomic E-state index is 13.8. The molecule has 0 spiro atoms. The van der Waals surface area contributed by atoms with E-state index in [4.69, 9.17) is 4.74 Å². The Morgan fingerprint density at radius 2 is 1.48 bits per heavy atom. The third kappa shape index (κ3) is 6.45. The van der Waals surface area contributed by atoms with Gasteiger partial charge in [0, 0.05) is 43.9 Å². The summed E-state index contributed by atoms with van der Waals surface area (Å²) in [5, 5.41) is 12.5. The molecule has 4 atom stereocenters. The molecule has 11 heteroatoms. The van der Waals surface area contributed by atoms with Gasteiger partial charge in [0.1, 0.15) is 23.6 Å². The van der Waals surface area contributed by atoms with Gasteiger partial charge in [-0.15, -0.1) is 0 Å². The van der Waals surface area contributed by atoms with Crippen molar-refractivity contribution in [3.05, 3.63) is 129 Å². The molecule has 2 unspecified atom stereocenters. The first-order chi connectivity index (χ1) is 28.2. The molecular weight excluding hydrogens is 733 g/mol. The Hall–Kier alpha value is -5.81. The summed E-state index contributed by atoms with van der Waals surface area (Å²) in [4.78, 5) is 69.9. The number of ether oxygens (including phenoxy) is 1. The highest BCUT2D eigenvalue weighted by molar-refractivity contribution is 6.23. The number of likely N-dealkylation sites (tertiary alicyclic amines) is 1. The molecule has 3 fully saturated rings. The molecule has 0 radical (unpaired) electrons. The lowest BCUT2D eigenvalue weighted by Crippen LogP contribution is -2.54. The van der Waals surface area contributed by atoms with Gasteiger partial charge in [0.2, 0.25) is 17.7 Å². The smallest absolute Gasteiger partial charge is 0.262 e. The minimum atomic E-state index is -0.980. The van der Waals surface area contributed by atoms with Gasteiger partial charge in [0.15, 0.2) is 0 Å². The van der Waals surface area contributed by atoms with Gasteiger partial charge in [-0.05, 0) is 121 Å². The summed E-state index contributed by atoms with van der Waals surface area (Å²) in [7, 11) is 0. The van der Waals surface area contributed by atoms with Gasteiger partial charge in [-0.3, -0.25) is 39.1 Å². The van der Waals surface area contributed by atoms with Crippen LogP contribution in [0.25, 0.3) is 0 Å². The first kappa shape index (κ1) is 36.5. The van der Waals surface area contributed by atoms with Gasteiger partial charge < -0.3 is 14.7 Å². The molecule has 58 heavy (non-hydrogen) atoms. The number of phenolic OH excluding ortho intramolecular Hbond substituents is 1. The summed E-state index contributed by atoms with van der Waals surface area (Å²) in [5.74, 6) is -0.243. The predicted molar refractivity (Wildman–Crippen MR) is 213 cm³/mol. The van der Waals surface area contributed by atoms with E-state index < -0.39 is 29.7 Å². The van der Waals surface area contributed by atoms with Crippen LogP contribution in [0.1, 0.15) is 111 Å². The molecule has 4 aromatic carbocycles. The number of nitrogens with one attached hydrogen (secondary N) is 1. The SMILES string of the molecule is O=C1CCC(N2C(=O)c3cc4c(cc3C2=O)CN(C2CC(C(=O)N3CCCC(Oc5ccc([C@@H]6c7ccc(O)cc7CC[C@@H]6c6ccccc6)cc5)C3)C2)C4)C(=O)N1. The van der Waals surface area contributed by atoms with E-state index in [2.05, 4.69) is 70.9 Å². The zero-order valence-corrected chi connectivity index (χ0v) is 32.3. The van der Waals surface area contributed by atoms with Crippen LogP contribution in [0.2, 0.25) is 0 Å². The van der Waals surface area contributed by atoms with Crippen LogP contribution in [0, 0.1) is 5.92 Å². The number of imide groups is 2. The molecule has 4 heterocycles. The molecule has 0 bridgehead atoms. The van der Waals surface area contributed by atoms with E-state index in [1.165, 1.54) is 22.3 Å². The number of fused-ring (bicyclic) bond motifs is 3. The number of hydrogen-bond acceptors (Lipinski definition) is 8. The van der Waals surface area contributed by atoms with Crippen molar-refractivity contribution >= 4 is 29.5 Å². The Labute approximate surface area is 337 Å². The van der Waals surface area contributed by atoms with Crippen molar-refractivity contribution in [1.82, 2.24) is 20.0 Å². The van der Waals surface area contributed by atoms with Gasteiger partial charge in [-0.2, -0.15) is 0 Å². The van der Waals surface area contributed by atoms with Gasteiger partial charge in [-0.25, -0.2) is 0 Å². The van der Waals surface area contributed by atoms with Crippen molar-refractivity contribution in [2.24, 2.45) is 5.92 Å². The highest BCUT2D eigenvalue weighted by Crippen LogP contribution is 2.47. The second-order valence-electron chi connectivity index (χ2n) is 17.0. The zero-order chi connectivity index (χ0) is 39.7. The summed E-state index contributed by atoms with van der Waals surface area (Å²) >= 11 is 0. The molecule has 11 nitrogen and oxygen atoms in total. The Kier molecular flexibility index (Phi) is 9.15. The summed E-state index contributed by atoms with van der Waals surface area (Å²) in [6.07, 6.45) is 5.38. The van der Waals surface area contributed by atoms with E-state index in [-0.39, 0.29) is 42.7 Å². The third-order valence-electron chi connectivity index (χ3n) is 13.5. The van der Waals surface area contributed by atoms with E-state index in [0.717, 1.165) is 66.8 Å². The molecule has 1 saturated carbocycles. The third-order valence-corrected chi connectivity index (χ3v) is 13.5. The fourth-order valence-corrected chi connectivity index (χ4v) is 10.5. The summed E-state index contributed by atoms with van der Waals surface area (Å²) in [6, 6.07) is 27.8. The fourth-order valence-electron chi connectivity index (χ4n) is 10.5. The molecule has 0 aromatic heterocycles. The van der Waals surface area contributed by atoms with Crippen molar-refractivity contribution in [1.29, 1.82) is 0 Å². The van der Waals surface area contributed by atoms with Crippen LogP contribution in [-0.2, 0) is 33.9 Å². The first-order valence-corrected chi connectivity index (χ1v) is 20.7. The van der Waals surface area contributed by atoms with Gasteiger partial charge in [0.25, 0.3) is 11.8 Å². The largest absolute Gasteiger partial charge is 0.508 e. The number of carbonyl (C=O) groups is 5. The summed E-state index contributed by atoms with van der Waals surface area (Å²) in [5.41, 5.74) is 7.60. The second kappa shape index (κ2) is 14.5. The van der Waals surface area contributed by atoms with E-state index >= 15 is 0 Å². The number of nitrogens with zero attached hydrogens (tertiary/aromatic N) is 3. The number of phenols is 1. The fraction of sp³-hybridized carbons (Fsp3) is 0.383. The standard InChI is InChI=1S/C47H46N4O7/c52-34-11-15-38-29(21-34)10-14-37(27-5-2-1-3-6-27)43(38)28-8-12-35(13-9-28)58-36-7-4-18-49(26-36)45(55)30-19-33(20-30)50-24-31-22-39-40(23-32(31)25-50)47(57)51(46(39)56)41-16-17-42(53)48-44(41)54/h1-3,5-6,8-9,11-13,15,21-23,30,33,36-37,41,43,52H,4,7,10,14,16-20,24-26H2,(H,48,53,54)/t30?,33?,36?,37-,41?,43+/m1/s1. The van der Waals surface area contributed by atoms with Gasteiger partial charge >= 0.3 is 0 Å². The van der Waals surface area contributed by atoms with Gasteiger partial charge in [-0.1, -0.05) is 48.5 Å². The highest BCUT2D eigenvalue weighted by Gasteiger charge is 2.47. The van der Waals surface area contributed by atoms with E-state index in [1.54, 1.807) is 18.2 Å². The average Bonchev–Trinajstić information content (AvgIpc) is 3.73. The van der Waals surface area contributed by atoms with Crippen LogP contribution >= 0.6 is 0 Å². The number of carbonyl (C=O) groups excluding carboxylic acids is 5. The van der Waals surface area contributed by atoms with Crippen molar-refractivity contribution in [2.45, 2.75) is 94.5 Å². The second-order valence-corrected chi connectivity index (χ2v) is 17.0. The molecule has 6 aliphatic rings. The highest BCUT2D eigenvalue weighted by atomic mass is 16.5.